The van der Waals surface area contributed by atoms with Crippen LogP contribution in [0.25, 0.3) is 0 Å². The fourth-order valence-corrected chi connectivity index (χ4v) is 7.80. The van der Waals surface area contributed by atoms with Crippen LogP contribution in [0.5, 0.6) is 0 Å². The Morgan fingerprint density at radius 2 is 2.04 bits per heavy atom. The lowest BCUT2D eigenvalue weighted by Crippen LogP contribution is -2.56. The summed E-state index contributed by atoms with van der Waals surface area (Å²) in [4.78, 5) is 11.3. The lowest BCUT2D eigenvalue weighted by atomic mass is 9.45. The zero-order valence-corrected chi connectivity index (χ0v) is 16.1. The van der Waals surface area contributed by atoms with Gasteiger partial charge in [-0.25, -0.2) is 0 Å². The molecule has 3 saturated carbocycles. The second kappa shape index (κ2) is 5.81. The number of carbonyl (C=O) groups excluding carboxylic acids is 1. The van der Waals surface area contributed by atoms with Crippen molar-refractivity contribution in [3.8, 4) is 0 Å². The number of fused-ring (bicyclic) bond motifs is 5. The summed E-state index contributed by atoms with van der Waals surface area (Å²) >= 11 is 0. The molecule has 0 spiro atoms. The van der Waals surface area contributed by atoms with Gasteiger partial charge in [-0.1, -0.05) is 37.6 Å². The van der Waals surface area contributed by atoms with Gasteiger partial charge in [0, 0.05) is 5.92 Å². The maximum atomic E-state index is 11.3. The molecule has 4 aliphatic carbocycles. The van der Waals surface area contributed by atoms with E-state index in [1.165, 1.54) is 30.4 Å². The predicted molar refractivity (Wildman–Crippen MR) is 101 cm³/mol. The Morgan fingerprint density at radius 3 is 2.72 bits per heavy atom. The number of hydrogen-bond donors (Lipinski definition) is 1. The largest absolute Gasteiger partial charge is 0.393 e. The van der Waals surface area contributed by atoms with Crippen molar-refractivity contribution in [1.82, 2.24) is 0 Å². The normalized spacial score (nSPS) is 51.8. The molecule has 2 nitrogen and oxygen atoms in total. The summed E-state index contributed by atoms with van der Waals surface area (Å²) in [5.41, 5.74) is 3.10. The van der Waals surface area contributed by atoms with E-state index in [2.05, 4.69) is 33.4 Å². The molecule has 1 N–H and O–H groups in total. The van der Waals surface area contributed by atoms with Gasteiger partial charge >= 0.3 is 0 Å². The predicted octanol–water partition coefficient (Wildman–Crippen LogP) is 4.93. The number of hydrogen-bond acceptors (Lipinski definition) is 2. The van der Waals surface area contributed by atoms with Gasteiger partial charge in [0.1, 0.15) is 6.29 Å². The molecule has 0 aliphatic heterocycles. The second-order valence-corrected chi connectivity index (χ2v) is 10.0. The molecule has 2 unspecified atom stereocenters. The van der Waals surface area contributed by atoms with Crippen molar-refractivity contribution >= 4 is 6.29 Å². The Hall–Kier alpha value is -0.890. The van der Waals surface area contributed by atoms with E-state index in [0.29, 0.717) is 17.8 Å². The average molecular weight is 343 g/mol. The van der Waals surface area contributed by atoms with Gasteiger partial charge in [0.05, 0.1) is 6.10 Å². The number of aldehydes is 1. The van der Waals surface area contributed by atoms with Crippen LogP contribution in [-0.4, -0.2) is 17.5 Å². The Bertz CT molecular complexity index is 620. The Labute approximate surface area is 152 Å². The van der Waals surface area contributed by atoms with Crippen LogP contribution in [0.4, 0.5) is 0 Å². The summed E-state index contributed by atoms with van der Waals surface area (Å²) in [5.74, 6) is 2.41. The van der Waals surface area contributed by atoms with Gasteiger partial charge in [0.15, 0.2) is 0 Å². The summed E-state index contributed by atoms with van der Waals surface area (Å²) in [6, 6.07) is 0. The lowest BCUT2D eigenvalue weighted by Gasteiger charge is -2.60. The first-order valence-corrected chi connectivity index (χ1v) is 10.3. The van der Waals surface area contributed by atoms with Crippen molar-refractivity contribution in [2.75, 3.05) is 0 Å². The molecular formula is C23H34O2. The van der Waals surface area contributed by atoms with Crippen molar-refractivity contribution < 1.29 is 9.90 Å². The monoisotopic (exact) mass is 342 g/mol. The van der Waals surface area contributed by atoms with E-state index in [4.69, 9.17) is 0 Å². The van der Waals surface area contributed by atoms with E-state index < -0.39 is 0 Å². The van der Waals surface area contributed by atoms with Gasteiger partial charge in [-0.3, -0.25) is 0 Å². The summed E-state index contributed by atoms with van der Waals surface area (Å²) in [6.07, 6.45) is 11.0. The van der Waals surface area contributed by atoms with Crippen molar-refractivity contribution in [2.45, 2.75) is 71.8 Å². The minimum Gasteiger partial charge on any atom is -0.393 e. The summed E-state index contributed by atoms with van der Waals surface area (Å²) in [6.45, 7) is 11.3. The highest BCUT2D eigenvalue weighted by atomic mass is 16.3. The first-order valence-electron chi connectivity index (χ1n) is 10.3. The highest BCUT2D eigenvalue weighted by Gasteiger charge is 2.61. The van der Waals surface area contributed by atoms with Gasteiger partial charge in [-0.2, -0.15) is 0 Å². The van der Waals surface area contributed by atoms with Gasteiger partial charge in [-0.05, 0) is 86.4 Å². The third-order valence-electron chi connectivity index (χ3n) is 8.85. The zero-order chi connectivity index (χ0) is 18.0. The molecule has 0 bridgehead atoms. The summed E-state index contributed by atoms with van der Waals surface area (Å²) < 4.78 is 0. The number of allylic oxidation sites excluding steroid dienone is 3. The van der Waals surface area contributed by atoms with Gasteiger partial charge in [-0.15, -0.1) is 0 Å². The lowest BCUT2D eigenvalue weighted by molar-refractivity contribution is -0.127. The van der Waals surface area contributed by atoms with Crippen LogP contribution in [0.1, 0.15) is 65.7 Å². The van der Waals surface area contributed by atoms with Gasteiger partial charge in [0.2, 0.25) is 0 Å². The smallest absolute Gasteiger partial charge is 0.126 e. The SMILES string of the molecule is C=C(C)[C@H]1CC[C@H]2[C@@H]3CCC4=CC(C=O)CC[C@]4(C)[C@H]3C(O)C[C@]12C. The quantitative estimate of drug-likeness (QED) is 0.571. The fourth-order valence-electron chi connectivity index (χ4n) is 7.80. The minimum atomic E-state index is -0.215. The molecule has 8 atom stereocenters. The topological polar surface area (TPSA) is 37.3 Å². The molecule has 0 aromatic heterocycles. The average Bonchev–Trinajstić information content (AvgIpc) is 2.90. The molecule has 3 fully saturated rings. The first-order chi connectivity index (χ1) is 11.8. The van der Waals surface area contributed by atoms with E-state index in [-0.39, 0.29) is 22.9 Å². The third kappa shape index (κ3) is 2.36. The fraction of sp³-hybridized carbons (Fsp3) is 0.783. The first kappa shape index (κ1) is 17.5. The molecule has 4 rings (SSSR count). The van der Waals surface area contributed by atoms with E-state index in [0.717, 1.165) is 37.9 Å². The molecule has 2 heteroatoms. The van der Waals surface area contributed by atoms with E-state index in [1.807, 2.05) is 0 Å². The molecule has 0 amide bonds. The van der Waals surface area contributed by atoms with Gasteiger partial charge in [0.25, 0.3) is 0 Å². The number of aliphatic hydroxyl groups is 1. The van der Waals surface area contributed by atoms with Crippen LogP contribution >= 0.6 is 0 Å². The van der Waals surface area contributed by atoms with Crippen LogP contribution in [-0.2, 0) is 4.79 Å². The van der Waals surface area contributed by atoms with Crippen molar-refractivity contribution in [3.05, 3.63) is 23.8 Å². The second-order valence-electron chi connectivity index (χ2n) is 10.0. The van der Waals surface area contributed by atoms with E-state index in [9.17, 15) is 9.90 Å². The molecule has 4 aliphatic rings. The highest BCUT2D eigenvalue weighted by molar-refractivity contribution is 5.58. The van der Waals surface area contributed by atoms with Crippen molar-refractivity contribution in [2.24, 2.45) is 40.4 Å². The summed E-state index contributed by atoms with van der Waals surface area (Å²) in [5, 5.41) is 11.3. The van der Waals surface area contributed by atoms with Crippen LogP contribution < -0.4 is 0 Å². The molecule has 0 heterocycles. The van der Waals surface area contributed by atoms with E-state index >= 15 is 0 Å². The zero-order valence-electron chi connectivity index (χ0n) is 16.1. The summed E-state index contributed by atoms with van der Waals surface area (Å²) in [7, 11) is 0. The Morgan fingerprint density at radius 1 is 1.28 bits per heavy atom. The molecule has 0 saturated heterocycles. The maximum Gasteiger partial charge on any atom is 0.126 e. The Balaban J connectivity index is 1.70. The molecule has 0 aromatic rings. The van der Waals surface area contributed by atoms with Crippen LogP contribution in [0.3, 0.4) is 0 Å². The standard InChI is InChI=1S/C23H34O2/c1-14(2)18-7-8-19-17-6-5-16-11-15(13-24)9-10-22(16,3)21(17)20(25)12-23(18,19)4/h11,13,15,17-21,25H,1,5-10,12H2,2-4H3/t15?,17-,18+,19-,20?,21+,22-,23+/m0/s1. The highest BCUT2D eigenvalue weighted by Crippen LogP contribution is 2.67. The van der Waals surface area contributed by atoms with E-state index in [1.54, 1.807) is 0 Å². The number of rotatable bonds is 2. The molecule has 138 valence electrons. The molecule has 0 aromatic carbocycles. The molecular weight excluding hydrogens is 308 g/mol. The van der Waals surface area contributed by atoms with Crippen LogP contribution in [0.15, 0.2) is 23.8 Å². The van der Waals surface area contributed by atoms with Gasteiger partial charge < -0.3 is 9.90 Å². The molecule has 25 heavy (non-hydrogen) atoms. The number of aliphatic hydroxyl groups excluding tert-OH is 1. The van der Waals surface area contributed by atoms with Crippen molar-refractivity contribution in [1.29, 1.82) is 0 Å². The minimum absolute atomic E-state index is 0.102. The van der Waals surface area contributed by atoms with Crippen LogP contribution in [0.2, 0.25) is 0 Å². The Kier molecular flexibility index (Phi) is 4.07. The maximum absolute atomic E-state index is 11.3. The third-order valence-corrected chi connectivity index (χ3v) is 8.85. The number of carbonyl (C=O) groups is 1. The molecule has 0 radical (unpaired) electrons. The van der Waals surface area contributed by atoms with Crippen LogP contribution in [0, 0.1) is 40.4 Å². The van der Waals surface area contributed by atoms with Crippen molar-refractivity contribution in [3.63, 3.8) is 0 Å².